The summed E-state index contributed by atoms with van der Waals surface area (Å²) >= 11 is 1.31. The van der Waals surface area contributed by atoms with E-state index < -0.39 is 0 Å². The van der Waals surface area contributed by atoms with Crippen LogP contribution < -0.4 is 5.32 Å². The number of thioether (sulfide) groups is 1. The molecule has 4 aromatic rings. The summed E-state index contributed by atoms with van der Waals surface area (Å²) in [6.45, 7) is 6.57. The van der Waals surface area contributed by atoms with E-state index in [1.807, 2.05) is 73.9 Å². The molecule has 31 heavy (non-hydrogen) atoms. The minimum Gasteiger partial charge on any atom is -0.330 e. The molecule has 0 bridgehead atoms. The van der Waals surface area contributed by atoms with Crippen molar-refractivity contribution in [3.05, 3.63) is 59.7 Å². The Morgan fingerprint density at radius 1 is 1.10 bits per heavy atom. The van der Waals surface area contributed by atoms with Crippen LogP contribution in [-0.4, -0.2) is 36.6 Å². The zero-order chi connectivity index (χ0) is 21.8. The Hall–Kier alpha value is -3.46. The van der Waals surface area contributed by atoms with E-state index in [9.17, 15) is 4.79 Å². The van der Waals surface area contributed by atoms with Crippen LogP contribution in [0.3, 0.4) is 0 Å². The van der Waals surface area contributed by atoms with E-state index in [1.54, 1.807) is 0 Å². The van der Waals surface area contributed by atoms with Crippen molar-refractivity contribution in [3.63, 3.8) is 0 Å². The van der Waals surface area contributed by atoms with Crippen molar-refractivity contribution in [3.8, 4) is 23.1 Å². The number of nitrogens with zero attached hydrogens (tertiary/aromatic N) is 5. The van der Waals surface area contributed by atoms with Crippen molar-refractivity contribution in [1.82, 2.24) is 24.9 Å². The number of carbonyl (C=O) groups is 1. The maximum Gasteiger partial charge on any atom is 0.296 e. The Morgan fingerprint density at radius 2 is 1.87 bits per heavy atom. The van der Waals surface area contributed by atoms with Crippen LogP contribution in [-0.2, 0) is 11.3 Å². The van der Waals surface area contributed by atoms with Crippen LogP contribution in [0.5, 0.6) is 0 Å². The smallest absolute Gasteiger partial charge is 0.296 e. The van der Waals surface area contributed by atoms with E-state index in [0.717, 1.165) is 22.4 Å². The first-order valence-electron chi connectivity index (χ1n) is 9.87. The van der Waals surface area contributed by atoms with Crippen LogP contribution in [0.2, 0.25) is 0 Å². The SMILES string of the molecule is CCn1c(SCC(=O)Nc2cccc(C)c2)nnc1-c1nc(-c2cccc(C)c2)no1. The van der Waals surface area contributed by atoms with Crippen LogP contribution >= 0.6 is 11.8 Å². The molecular weight excluding hydrogens is 412 g/mol. The van der Waals surface area contributed by atoms with E-state index in [2.05, 4.69) is 25.7 Å². The monoisotopic (exact) mass is 434 g/mol. The summed E-state index contributed by atoms with van der Waals surface area (Å²) in [4.78, 5) is 16.8. The van der Waals surface area contributed by atoms with Crippen molar-refractivity contribution in [2.75, 3.05) is 11.1 Å². The van der Waals surface area contributed by atoms with Gasteiger partial charge in [-0.05, 0) is 44.5 Å². The standard InChI is InChI=1S/C22H22N6O2S/c1-4-28-20(21-24-19(27-30-21)16-9-5-7-14(2)11-16)25-26-22(28)31-13-18(29)23-17-10-6-8-15(3)12-17/h5-12H,4,13H2,1-3H3,(H,23,29). The maximum atomic E-state index is 12.3. The Labute approximate surface area is 184 Å². The highest BCUT2D eigenvalue weighted by Crippen LogP contribution is 2.25. The van der Waals surface area contributed by atoms with Crippen molar-refractivity contribution >= 4 is 23.4 Å². The highest BCUT2D eigenvalue weighted by Gasteiger charge is 2.20. The van der Waals surface area contributed by atoms with Gasteiger partial charge in [0.05, 0.1) is 5.75 Å². The number of amides is 1. The zero-order valence-electron chi connectivity index (χ0n) is 17.5. The molecule has 0 saturated carbocycles. The summed E-state index contributed by atoms with van der Waals surface area (Å²) in [5.41, 5.74) is 3.85. The lowest BCUT2D eigenvalue weighted by atomic mass is 10.1. The van der Waals surface area contributed by atoms with Gasteiger partial charge in [0.25, 0.3) is 5.89 Å². The van der Waals surface area contributed by atoms with Crippen LogP contribution in [0.1, 0.15) is 18.1 Å². The Morgan fingerprint density at radius 3 is 2.61 bits per heavy atom. The molecule has 4 rings (SSSR count). The number of hydrogen-bond acceptors (Lipinski definition) is 7. The highest BCUT2D eigenvalue weighted by atomic mass is 32.2. The number of hydrogen-bond donors (Lipinski definition) is 1. The minimum atomic E-state index is -0.109. The predicted octanol–water partition coefficient (Wildman–Crippen LogP) is 4.36. The molecule has 0 spiro atoms. The molecule has 1 amide bonds. The topological polar surface area (TPSA) is 98.7 Å². The van der Waals surface area contributed by atoms with Crippen molar-refractivity contribution in [1.29, 1.82) is 0 Å². The molecule has 158 valence electrons. The quantitative estimate of drug-likeness (QED) is 0.431. The number of nitrogens with one attached hydrogen (secondary N) is 1. The molecule has 2 aromatic carbocycles. The van der Waals surface area contributed by atoms with Gasteiger partial charge in [-0.1, -0.05) is 52.8 Å². The lowest BCUT2D eigenvalue weighted by molar-refractivity contribution is -0.113. The number of rotatable bonds is 7. The summed E-state index contributed by atoms with van der Waals surface area (Å²) < 4.78 is 7.30. The van der Waals surface area contributed by atoms with Crippen molar-refractivity contribution in [2.24, 2.45) is 0 Å². The molecule has 9 heteroatoms. The van der Waals surface area contributed by atoms with E-state index in [0.29, 0.717) is 29.2 Å². The number of carbonyl (C=O) groups excluding carboxylic acids is 1. The van der Waals surface area contributed by atoms with Crippen LogP contribution in [0, 0.1) is 13.8 Å². The number of benzene rings is 2. The average Bonchev–Trinajstić information content (AvgIpc) is 3.39. The summed E-state index contributed by atoms with van der Waals surface area (Å²) in [5, 5.41) is 16.0. The first-order valence-corrected chi connectivity index (χ1v) is 10.9. The predicted molar refractivity (Wildman–Crippen MR) is 120 cm³/mol. The number of aromatic nitrogens is 5. The molecule has 0 saturated heterocycles. The van der Waals surface area contributed by atoms with Gasteiger partial charge in [0.2, 0.25) is 17.6 Å². The molecule has 1 N–H and O–H groups in total. The zero-order valence-corrected chi connectivity index (χ0v) is 18.3. The molecule has 0 unspecified atom stereocenters. The normalized spacial score (nSPS) is 10.9. The van der Waals surface area contributed by atoms with Crippen molar-refractivity contribution in [2.45, 2.75) is 32.5 Å². The molecular formula is C22H22N6O2S. The lowest BCUT2D eigenvalue weighted by Crippen LogP contribution is -2.14. The van der Waals surface area contributed by atoms with Gasteiger partial charge in [0, 0.05) is 17.8 Å². The van der Waals surface area contributed by atoms with Gasteiger partial charge in [-0.15, -0.1) is 10.2 Å². The van der Waals surface area contributed by atoms with E-state index in [-0.39, 0.29) is 11.7 Å². The third-order valence-corrected chi connectivity index (χ3v) is 5.53. The van der Waals surface area contributed by atoms with E-state index >= 15 is 0 Å². The fourth-order valence-electron chi connectivity index (χ4n) is 3.10. The molecule has 2 aromatic heterocycles. The maximum absolute atomic E-state index is 12.3. The second-order valence-electron chi connectivity index (χ2n) is 7.05. The minimum absolute atomic E-state index is 0.109. The Kier molecular flexibility index (Phi) is 6.13. The summed E-state index contributed by atoms with van der Waals surface area (Å²) in [6.07, 6.45) is 0. The van der Waals surface area contributed by atoms with E-state index in [4.69, 9.17) is 4.52 Å². The lowest BCUT2D eigenvalue weighted by Gasteiger charge is -2.07. The van der Waals surface area contributed by atoms with Gasteiger partial charge >= 0.3 is 0 Å². The molecule has 8 nitrogen and oxygen atoms in total. The molecule has 0 radical (unpaired) electrons. The summed E-state index contributed by atoms with van der Waals surface area (Å²) in [5.74, 6) is 1.38. The molecule has 0 aliphatic carbocycles. The Bertz CT molecular complexity index is 1220. The van der Waals surface area contributed by atoms with Gasteiger partial charge in [-0.25, -0.2) is 0 Å². The van der Waals surface area contributed by atoms with Gasteiger partial charge in [-0.3, -0.25) is 9.36 Å². The number of anilines is 1. The first-order chi connectivity index (χ1) is 15.0. The molecule has 2 heterocycles. The largest absolute Gasteiger partial charge is 0.330 e. The van der Waals surface area contributed by atoms with Gasteiger partial charge in [0.15, 0.2) is 5.16 Å². The fourth-order valence-corrected chi connectivity index (χ4v) is 3.91. The van der Waals surface area contributed by atoms with Crippen LogP contribution in [0.25, 0.3) is 23.1 Å². The van der Waals surface area contributed by atoms with Gasteiger partial charge in [0.1, 0.15) is 0 Å². The van der Waals surface area contributed by atoms with E-state index in [1.165, 1.54) is 11.8 Å². The molecule has 0 atom stereocenters. The molecule has 0 aliphatic rings. The van der Waals surface area contributed by atoms with Crippen LogP contribution in [0.4, 0.5) is 5.69 Å². The second kappa shape index (κ2) is 9.13. The molecule has 0 fully saturated rings. The first kappa shape index (κ1) is 20.8. The second-order valence-corrected chi connectivity index (χ2v) is 7.99. The highest BCUT2D eigenvalue weighted by molar-refractivity contribution is 7.99. The molecule has 0 aliphatic heterocycles. The summed E-state index contributed by atoms with van der Waals surface area (Å²) in [7, 11) is 0. The van der Waals surface area contributed by atoms with Gasteiger partial charge < -0.3 is 9.84 Å². The Balaban J connectivity index is 1.47. The third kappa shape index (κ3) is 4.83. The fraction of sp³-hybridized carbons (Fsp3) is 0.227. The van der Waals surface area contributed by atoms with Gasteiger partial charge in [-0.2, -0.15) is 4.98 Å². The van der Waals surface area contributed by atoms with Crippen molar-refractivity contribution < 1.29 is 9.32 Å². The number of aryl methyl sites for hydroxylation is 2. The van der Waals surface area contributed by atoms with Crippen LogP contribution in [0.15, 0.2) is 58.2 Å². The average molecular weight is 435 g/mol. The summed E-state index contributed by atoms with van der Waals surface area (Å²) in [6, 6.07) is 15.6. The third-order valence-electron chi connectivity index (χ3n) is 4.56.